The molecule has 2 unspecified atom stereocenters. The lowest BCUT2D eigenvalue weighted by Gasteiger charge is -2.38. The van der Waals surface area contributed by atoms with Crippen molar-refractivity contribution in [3.63, 3.8) is 0 Å². The first-order chi connectivity index (χ1) is 17.3. The van der Waals surface area contributed by atoms with Crippen molar-refractivity contribution in [2.24, 2.45) is 0 Å². The van der Waals surface area contributed by atoms with Crippen molar-refractivity contribution in [3.8, 4) is 10.4 Å². The van der Waals surface area contributed by atoms with Crippen LogP contribution < -0.4 is 5.48 Å². The number of sulfonamides is 1. The van der Waals surface area contributed by atoms with Crippen LogP contribution in [0.15, 0.2) is 40.6 Å². The van der Waals surface area contributed by atoms with E-state index in [0.717, 1.165) is 28.5 Å². The van der Waals surface area contributed by atoms with Gasteiger partial charge < -0.3 is 14.4 Å². The van der Waals surface area contributed by atoms with Crippen LogP contribution in [0.4, 0.5) is 9.18 Å². The highest BCUT2D eigenvalue weighted by Gasteiger charge is 2.42. The van der Waals surface area contributed by atoms with Gasteiger partial charge in [-0.15, -0.1) is 11.3 Å². The number of benzene rings is 1. The van der Waals surface area contributed by atoms with Gasteiger partial charge in [0.15, 0.2) is 6.29 Å². The van der Waals surface area contributed by atoms with Gasteiger partial charge in [0.25, 0.3) is 15.9 Å². The van der Waals surface area contributed by atoms with Crippen molar-refractivity contribution in [1.82, 2.24) is 14.7 Å². The molecule has 0 spiro atoms. The Bertz CT molecular complexity index is 1170. The number of carbonyl (C=O) groups excluding carboxylic acids is 2. The number of thiophene rings is 1. The van der Waals surface area contributed by atoms with E-state index in [0.29, 0.717) is 23.5 Å². The first-order valence-corrected chi connectivity index (χ1v) is 13.9. The monoisotopic (exact) mass is 541 g/mol. The average molecular weight is 542 g/mol. The first-order valence-electron chi connectivity index (χ1n) is 11.7. The molecule has 2 fully saturated rings. The van der Waals surface area contributed by atoms with Crippen LogP contribution in [-0.2, 0) is 29.1 Å². The van der Waals surface area contributed by atoms with Gasteiger partial charge in [0.05, 0.1) is 6.61 Å². The zero-order chi connectivity index (χ0) is 25.7. The maximum Gasteiger partial charge on any atom is 0.409 e. The molecule has 0 radical (unpaired) electrons. The van der Waals surface area contributed by atoms with E-state index in [9.17, 15) is 22.4 Å². The number of hydrogen-bond acceptors (Lipinski definition) is 8. The third-order valence-electron chi connectivity index (χ3n) is 5.86. The standard InChI is InChI=1S/C23H28FN3O7S2/c1-2-32-23(29)26-12-13-27(18(15-26)22(28)25-34-20-5-3-4-14-33-20)36(30,31)21-11-10-19(35-21)16-6-8-17(24)9-7-16/h6-11,18,20H,2-5,12-15H2,1H3,(H,25,28). The smallest absolute Gasteiger partial charge is 0.409 e. The summed E-state index contributed by atoms with van der Waals surface area (Å²) in [5.74, 6) is -1.10. The van der Waals surface area contributed by atoms with Crippen LogP contribution in [0.25, 0.3) is 10.4 Å². The van der Waals surface area contributed by atoms with Crippen LogP contribution in [0, 0.1) is 5.82 Å². The van der Waals surface area contributed by atoms with Gasteiger partial charge in [-0.05, 0) is 49.6 Å². The first kappa shape index (κ1) is 26.5. The van der Waals surface area contributed by atoms with Gasteiger partial charge in [-0.3, -0.25) is 4.79 Å². The molecule has 13 heteroatoms. The fraction of sp³-hybridized carbons (Fsp3) is 0.478. The van der Waals surface area contributed by atoms with E-state index in [1.165, 1.54) is 23.1 Å². The van der Waals surface area contributed by atoms with Gasteiger partial charge in [0.2, 0.25) is 0 Å². The molecule has 1 N–H and O–H groups in total. The SMILES string of the molecule is CCOC(=O)N1CCN(S(=O)(=O)c2ccc(-c3ccc(F)cc3)s2)C(C(=O)NOC2CCCCO2)C1. The van der Waals surface area contributed by atoms with Gasteiger partial charge in [-0.2, -0.15) is 4.31 Å². The molecular formula is C23H28FN3O7S2. The van der Waals surface area contributed by atoms with Gasteiger partial charge >= 0.3 is 6.09 Å². The van der Waals surface area contributed by atoms with Gasteiger partial charge in [-0.1, -0.05) is 12.1 Å². The summed E-state index contributed by atoms with van der Waals surface area (Å²) in [5.41, 5.74) is 2.99. The molecule has 4 rings (SSSR count). The lowest BCUT2D eigenvalue weighted by molar-refractivity contribution is -0.202. The Hall–Kier alpha value is -2.58. The maximum absolute atomic E-state index is 13.6. The van der Waals surface area contributed by atoms with Crippen LogP contribution in [0.2, 0.25) is 0 Å². The predicted molar refractivity (Wildman–Crippen MR) is 129 cm³/mol. The molecule has 196 valence electrons. The maximum atomic E-state index is 13.6. The van der Waals surface area contributed by atoms with E-state index in [4.69, 9.17) is 14.3 Å². The zero-order valence-corrected chi connectivity index (χ0v) is 21.4. The highest BCUT2D eigenvalue weighted by molar-refractivity contribution is 7.91. The Kier molecular flexibility index (Phi) is 8.57. The Morgan fingerprint density at radius 1 is 1.17 bits per heavy atom. The van der Waals surface area contributed by atoms with Crippen molar-refractivity contribution < 1.29 is 36.7 Å². The number of hydrogen-bond donors (Lipinski definition) is 1. The van der Waals surface area contributed by atoms with Crippen molar-refractivity contribution in [2.45, 2.75) is 42.7 Å². The number of nitrogens with one attached hydrogen (secondary N) is 1. The Balaban J connectivity index is 1.55. The summed E-state index contributed by atoms with van der Waals surface area (Å²) in [6.07, 6.45) is 1.14. The molecule has 2 aliphatic heterocycles. The van der Waals surface area contributed by atoms with Gasteiger partial charge in [0, 0.05) is 37.5 Å². The molecule has 1 aromatic heterocycles. The summed E-state index contributed by atoms with van der Waals surface area (Å²) in [6.45, 7) is 2.08. The normalized spacial score (nSPS) is 21.2. The van der Waals surface area contributed by atoms with E-state index in [2.05, 4.69) is 5.48 Å². The highest BCUT2D eigenvalue weighted by Crippen LogP contribution is 2.33. The van der Waals surface area contributed by atoms with Crippen LogP contribution in [0.1, 0.15) is 26.2 Å². The second-order valence-corrected chi connectivity index (χ2v) is 11.5. The van der Waals surface area contributed by atoms with Crippen LogP contribution in [0.5, 0.6) is 0 Å². The number of piperazine rings is 1. The molecular weight excluding hydrogens is 513 g/mol. The summed E-state index contributed by atoms with van der Waals surface area (Å²) in [6, 6.07) is 7.58. The second kappa shape index (κ2) is 11.6. The Morgan fingerprint density at radius 2 is 1.94 bits per heavy atom. The molecule has 2 atom stereocenters. The molecule has 2 aromatic rings. The fourth-order valence-corrected chi connectivity index (χ4v) is 7.00. The fourth-order valence-electron chi connectivity index (χ4n) is 3.99. The van der Waals surface area contributed by atoms with Gasteiger partial charge in [0.1, 0.15) is 16.1 Å². The topological polar surface area (TPSA) is 114 Å². The number of amides is 2. The number of nitrogens with zero attached hydrogens (tertiary/aromatic N) is 2. The van der Waals surface area contributed by atoms with E-state index >= 15 is 0 Å². The van der Waals surface area contributed by atoms with Crippen LogP contribution >= 0.6 is 11.3 Å². The zero-order valence-electron chi connectivity index (χ0n) is 19.7. The molecule has 0 bridgehead atoms. The average Bonchev–Trinajstić information content (AvgIpc) is 3.39. The minimum absolute atomic E-state index is 0.0285. The summed E-state index contributed by atoms with van der Waals surface area (Å²) < 4.78 is 52.1. The molecule has 0 aliphatic carbocycles. The summed E-state index contributed by atoms with van der Waals surface area (Å²) >= 11 is 1.02. The highest BCUT2D eigenvalue weighted by atomic mass is 32.2. The molecule has 2 aliphatic rings. The summed E-state index contributed by atoms with van der Waals surface area (Å²) in [7, 11) is -4.10. The second-order valence-electron chi connectivity index (χ2n) is 8.28. The quantitative estimate of drug-likeness (QED) is 0.536. The minimum Gasteiger partial charge on any atom is -0.450 e. The van der Waals surface area contributed by atoms with Crippen LogP contribution in [0.3, 0.4) is 0 Å². The van der Waals surface area contributed by atoms with Crippen molar-refractivity contribution in [1.29, 1.82) is 0 Å². The van der Waals surface area contributed by atoms with Gasteiger partial charge in [-0.25, -0.2) is 27.9 Å². The lowest BCUT2D eigenvalue weighted by Crippen LogP contribution is -2.61. The predicted octanol–water partition coefficient (Wildman–Crippen LogP) is 2.96. The van der Waals surface area contributed by atoms with Crippen molar-refractivity contribution in [3.05, 3.63) is 42.2 Å². The molecule has 1 aromatic carbocycles. The Labute approximate surface area is 212 Å². The number of ether oxygens (including phenoxy) is 2. The van der Waals surface area contributed by atoms with Crippen molar-refractivity contribution in [2.75, 3.05) is 32.8 Å². The summed E-state index contributed by atoms with van der Waals surface area (Å²) in [5, 5.41) is 0. The Morgan fingerprint density at radius 3 is 2.64 bits per heavy atom. The lowest BCUT2D eigenvalue weighted by atomic mass is 10.2. The number of rotatable bonds is 7. The number of halogens is 1. The molecule has 0 saturated carbocycles. The third-order valence-corrected chi connectivity index (χ3v) is 9.37. The minimum atomic E-state index is -4.10. The largest absolute Gasteiger partial charge is 0.450 e. The molecule has 2 amide bonds. The van der Waals surface area contributed by atoms with E-state index in [1.54, 1.807) is 25.1 Å². The third kappa shape index (κ3) is 6.03. The summed E-state index contributed by atoms with van der Waals surface area (Å²) in [4.78, 5) is 32.7. The molecule has 10 nitrogen and oxygen atoms in total. The van der Waals surface area contributed by atoms with E-state index < -0.39 is 40.2 Å². The number of carbonyl (C=O) groups is 2. The molecule has 2 saturated heterocycles. The van der Waals surface area contributed by atoms with Crippen molar-refractivity contribution >= 4 is 33.4 Å². The van der Waals surface area contributed by atoms with E-state index in [1.807, 2.05) is 0 Å². The molecule has 3 heterocycles. The molecule has 36 heavy (non-hydrogen) atoms. The number of hydroxylamine groups is 1. The van der Waals surface area contributed by atoms with Crippen LogP contribution in [-0.4, -0.2) is 74.8 Å². The van der Waals surface area contributed by atoms with E-state index in [-0.39, 0.29) is 30.5 Å².